The summed E-state index contributed by atoms with van der Waals surface area (Å²) >= 11 is 3.18. The number of thiophene rings is 1. The van der Waals surface area contributed by atoms with E-state index in [1.165, 1.54) is 0 Å². The average molecular weight is 411 g/mol. The molecule has 7 nitrogen and oxygen atoms in total. The van der Waals surface area contributed by atoms with Gasteiger partial charge in [0.1, 0.15) is 10.8 Å². The van der Waals surface area contributed by atoms with Gasteiger partial charge in [0.2, 0.25) is 5.91 Å². The molecule has 0 aromatic carbocycles. The average Bonchev–Trinajstić information content (AvgIpc) is 3.34. The fourth-order valence-corrected chi connectivity index (χ4v) is 4.43. The van der Waals surface area contributed by atoms with Crippen LogP contribution in [0.1, 0.15) is 22.8 Å². The highest BCUT2D eigenvalue weighted by molar-refractivity contribution is 7.20. The predicted octanol–water partition coefficient (Wildman–Crippen LogP) is 3.95. The van der Waals surface area contributed by atoms with Crippen LogP contribution in [0.25, 0.3) is 15.8 Å². The van der Waals surface area contributed by atoms with Crippen LogP contribution in [-0.2, 0) is 11.2 Å². The van der Waals surface area contributed by atoms with Crippen LogP contribution in [0.3, 0.4) is 0 Å². The molecular weight excluding hydrogens is 392 g/mol. The molecule has 4 aromatic heterocycles. The molecule has 4 rings (SSSR count). The zero-order valence-electron chi connectivity index (χ0n) is 15.6. The highest BCUT2D eigenvalue weighted by atomic mass is 32.1. The fraction of sp³-hybridized carbons (Fsp3) is 0.211. The Kier molecular flexibility index (Phi) is 5.01. The van der Waals surface area contributed by atoms with Gasteiger partial charge in [-0.1, -0.05) is 6.07 Å². The molecule has 0 radical (unpaired) electrons. The minimum atomic E-state index is -0.159. The largest absolute Gasteiger partial charge is 0.310 e. The lowest BCUT2D eigenvalue weighted by Crippen LogP contribution is -2.18. The lowest BCUT2D eigenvalue weighted by molar-refractivity contribution is -0.115. The Balaban J connectivity index is 1.52. The van der Waals surface area contributed by atoms with E-state index in [0.717, 1.165) is 32.7 Å². The van der Waals surface area contributed by atoms with Gasteiger partial charge in [0.25, 0.3) is 5.95 Å². The standard InChI is InChI=1S/C19H18N6OS2/c1-11-7-12(2)21-19(20-11)25-16(8-13(3)24-25)23-17(26)9-14-10-28-18(22-14)15-5-4-6-27-15/h4-8,10H,9H2,1-3H3,(H,23,26). The number of hydrogen-bond donors (Lipinski definition) is 1. The second-order valence-electron chi connectivity index (χ2n) is 6.38. The van der Waals surface area contributed by atoms with Gasteiger partial charge in [-0.25, -0.2) is 15.0 Å². The molecule has 0 saturated carbocycles. The molecular formula is C19H18N6OS2. The number of thiazole rings is 1. The Morgan fingerprint density at radius 3 is 2.57 bits per heavy atom. The van der Waals surface area contributed by atoms with Gasteiger partial charge in [-0.3, -0.25) is 4.79 Å². The Labute approximate surface area is 170 Å². The number of amides is 1. The quantitative estimate of drug-likeness (QED) is 0.538. The molecule has 0 bridgehead atoms. The summed E-state index contributed by atoms with van der Waals surface area (Å²) in [5.41, 5.74) is 3.20. The van der Waals surface area contributed by atoms with Crippen molar-refractivity contribution in [3.8, 4) is 15.8 Å². The normalized spacial score (nSPS) is 11.0. The number of carbonyl (C=O) groups is 1. The number of anilines is 1. The molecule has 1 amide bonds. The van der Waals surface area contributed by atoms with Gasteiger partial charge in [-0.2, -0.15) is 9.78 Å². The lowest BCUT2D eigenvalue weighted by Gasteiger charge is -2.08. The summed E-state index contributed by atoms with van der Waals surface area (Å²) in [5.74, 6) is 0.823. The molecule has 0 atom stereocenters. The fourth-order valence-electron chi connectivity index (χ4n) is 2.80. The summed E-state index contributed by atoms with van der Waals surface area (Å²) in [6.07, 6.45) is 0.194. The van der Waals surface area contributed by atoms with Crippen LogP contribution in [0.15, 0.2) is 35.0 Å². The first kappa shape index (κ1) is 18.5. The highest BCUT2D eigenvalue weighted by Gasteiger charge is 2.15. The summed E-state index contributed by atoms with van der Waals surface area (Å²) in [6, 6.07) is 7.72. The second kappa shape index (κ2) is 7.61. The summed E-state index contributed by atoms with van der Waals surface area (Å²) in [4.78, 5) is 27.1. The molecule has 0 aliphatic heterocycles. The number of rotatable bonds is 5. The number of nitrogens with zero attached hydrogens (tertiary/aromatic N) is 5. The van der Waals surface area contributed by atoms with Gasteiger partial charge in [-0.05, 0) is 38.3 Å². The van der Waals surface area contributed by atoms with E-state index in [9.17, 15) is 4.79 Å². The maximum atomic E-state index is 12.6. The van der Waals surface area contributed by atoms with Crippen molar-refractivity contribution in [3.05, 3.63) is 57.8 Å². The van der Waals surface area contributed by atoms with E-state index in [2.05, 4.69) is 25.4 Å². The van der Waals surface area contributed by atoms with Gasteiger partial charge < -0.3 is 5.32 Å². The molecule has 28 heavy (non-hydrogen) atoms. The molecule has 0 aliphatic rings. The molecule has 4 heterocycles. The number of nitrogens with one attached hydrogen (secondary N) is 1. The molecule has 1 N–H and O–H groups in total. The minimum absolute atomic E-state index is 0.159. The van der Waals surface area contributed by atoms with Crippen LogP contribution in [0.4, 0.5) is 5.82 Å². The van der Waals surface area contributed by atoms with Crippen LogP contribution in [0.5, 0.6) is 0 Å². The Hall–Kier alpha value is -2.91. The van der Waals surface area contributed by atoms with E-state index >= 15 is 0 Å². The first-order chi connectivity index (χ1) is 13.5. The highest BCUT2D eigenvalue weighted by Crippen LogP contribution is 2.28. The van der Waals surface area contributed by atoms with E-state index in [-0.39, 0.29) is 12.3 Å². The number of hydrogen-bond acceptors (Lipinski definition) is 7. The molecule has 9 heteroatoms. The molecule has 0 spiro atoms. The summed E-state index contributed by atoms with van der Waals surface area (Å²) < 4.78 is 1.56. The zero-order chi connectivity index (χ0) is 19.7. The number of aryl methyl sites for hydroxylation is 3. The molecule has 4 aromatic rings. The topological polar surface area (TPSA) is 85.6 Å². The van der Waals surface area contributed by atoms with Crippen LogP contribution >= 0.6 is 22.7 Å². The Morgan fingerprint density at radius 1 is 1.07 bits per heavy atom. The maximum Gasteiger partial charge on any atom is 0.252 e. The van der Waals surface area contributed by atoms with Crippen molar-refractivity contribution >= 4 is 34.4 Å². The van der Waals surface area contributed by atoms with Crippen molar-refractivity contribution in [1.82, 2.24) is 24.7 Å². The zero-order valence-corrected chi connectivity index (χ0v) is 17.3. The van der Waals surface area contributed by atoms with Crippen molar-refractivity contribution in [2.45, 2.75) is 27.2 Å². The van der Waals surface area contributed by atoms with E-state index < -0.39 is 0 Å². The van der Waals surface area contributed by atoms with E-state index in [1.54, 1.807) is 33.4 Å². The summed E-state index contributed by atoms with van der Waals surface area (Å²) in [7, 11) is 0. The third-order valence-electron chi connectivity index (χ3n) is 3.88. The second-order valence-corrected chi connectivity index (χ2v) is 8.19. The predicted molar refractivity (Wildman–Crippen MR) is 111 cm³/mol. The number of carbonyl (C=O) groups excluding carboxylic acids is 1. The van der Waals surface area contributed by atoms with E-state index in [1.807, 2.05) is 49.7 Å². The first-order valence-corrected chi connectivity index (χ1v) is 10.4. The summed E-state index contributed by atoms with van der Waals surface area (Å²) in [5, 5.41) is 12.2. The van der Waals surface area contributed by atoms with Crippen molar-refractivity contribution in [3.63, 3.8) is 0 Å². The van der Waals surface area contributed by atoms with Gasteiger partial charge >= 0.3 is 0 Å². The third-order valence-corrected chi connectivity index (χ3v) is 5.81. The van der Waals surface area contributed by atoms with Crippen molar-refractivity contribution in [2.75, 3.05) is 5.32 Å². The monoisotopic (exact) mass is 410 g/mol. The maximum absolute atomic E-state index is 12.6. The van der Waals surface area contributed by atoms with Crippen LogP contribution in [0, 0.1) is 20.8 Å². The molecule has 142 valence electrons. The van der Waals surface area contributed by atoms with Gasteiger partial charge in [0.15, 0.2) is 0 Å². The van der Waals surface area contributed by atoms with Crippen LogP contribution in [0.2, 0.25) is 0 Å². The minimum Gasteiger partial charge on any atom is -0.310 e. The SMILES string of the molecule is Cc1cc(C)nc(-n2nc(C)cc2NC(=O)Cc2csc(-c3cccs3)n2)n1. The first-order valence-electron chi connectivity index (χ1n) is 8.65. The smallest absolute Gasteiger partial charge is 0.252 e. The summed E-state index contributed by atoms with van der Waals surface area (Å²) in [6.45, 7) is 5.67. The third kappa shape index (κ3) is 4.00. The Bertz CT molecular complexity index is 1110. The van der Waals surface area contributed by atoms with Crippen molar-refractivity contribution in [1.29, 1.82) is 0 Å². The van der Waals surface area contributed by atoms with Crippen LogP contribution < -0.4 is 5.32 Å². The molecule has 0 aliphatic carbocycles. The van der Waals surface area contributed by atoms with Crippen molar-refractivity contribution < 1.29 is 4.79 Å². The molecule has 0 fully saturated rings. The lowest BCUT2D eigenvalue weighted by atomic mass is 10.3. The van der Waals surface area contributed by atoms with E-state index in [0.29, 0.717) is 11.8 Å². The van der Waals surface area contributed by atoms with Crippen molar-refractivity contribution in [2.24, 2.45) is 0 Å². The van der Waals surface area contributed by atoms with E-state index in [4.69, 9.17) is 0 Å². The molecule has 0 unspecified atom stereocenters. The molecule has 0 saturated heterocycles. The van der Waals surface area contributed by atoms with Crippen LogP contribution in [-0.4, -0.2) is 30.6 Å². The van der Waals surface area contributed by atoms with Gasteiger partial charge in [0.05, 0.1) is 22.7 Å². The number of aromatic nitrogens is 5. The van der Waals surface area contributed by atoms with Gasteiger partial charge in [0, 0.05) is 22.8 Å². The van der Waals surface area contributed by atoms with Gasteiger partial charge in [-0.15, -0.1) is 22.7 Å². The Morgan fingerprint density at radius 2 is 1.86 bits per heavy atom.